The Morgan fingerprint density at radius 2 is 2.00 bits per heavy atom. The molecule has 0 saturated carbocycles. The predicted octanol–water partition coefficient (Wildman–Crippen LogP) is 1.87. The normalized spacial score (nSPS) is 10.5. The minimum absolute atomic E-state index is 0.0385. The lowest BCUT2D eigenvalue weighted by molar-refractivity contribution is -0.127. The van der Waals surface area contributed by atoms with E-state index in [0.29, 0.717) is 6.54 Å². The van der Waals surface area contributed by atoms with Crippen molar-refractivity contribution >= 4 is 5.91 Å². The standard InChI is InChI=1S/C12H16FNO2/c1-9(2)16-8-12(15)14-7-10-3-5-11(13)6-4-10/h3-6,9H,7-8H2,1-2H3,(H,14,15). The number of hydrogen-bond acceptors (Lipinski definition) is 2. The molecule has 1 aromatic rings. The predicted molar refractivity (Wildman–Crippen MR) is 59.3 cm³/mol. The van der Waals surface area contributed by atoms with Crippen molar-refractivity contribution in [3.63, 3.8) is 0 Å². The lowest BCUT2D eigenvalue weighted by Gasteiger charge is -2.08. The van der Waals surface area contributed by atoms with Crippen molar-refractivity contribution in [1.29, 1.82) is 0 Å². The zero-order chi connectivity index (χ0) is 12.0. The molecule has 1 amide bonds. The van der Waals surface area contributed by atoms with Gasteiger partial charge in [-0.15, -0.1) is 0 Å². The lowest BCUT2D eigenvalue weighted by atomic mass is 10.2. The molecule has 0 saturated heterocycles. The molecular weight excluding hydrogens is 209 g/mol. The molecule has 0 radical (unpaired) electrons. The Kier molecular flexibility index (Phi) is 4.92. The SMILES string of the molecule is CC(C)OCC(=O)NCc1ccc(F)cc1. The number of ether oxygens (including phenoxy) is 1. The molecule has 1 aromatic carbocycles. The lowest BCUT2D eigenvalue weighted by Crippen LogP contribution is -2.28. The van der Waals surface area contributed by atoms with Gasteiger partial charge < -0.3 is 10.1 Å². The molecule has 1 N–H and O–H groups in total. The highest BCUT2D eigenvalue weighted by Gasteiger charge is 2.02. The fourth-order valence-electron chi connectivity index (χ4n) is 1.10. The average molecular weight is 225 g/mol. The number of benzene rings is 1. The van der Waals surface area contributed by atoms with Gasteiger partial charge in [0.05, 0.1) is 6.10 Å². The molecule has 1 rings (SSSR count). The Balaban J connectivity index is 2.29. The summed E-state index contributed by atoms with van der Waals surface area (Å²) in [5.74, 6) is -0.448. The van der Waals surface area contributed by atoms with Crippen LogP contribution in [0.2, 0.25) is 0 Å². The van der Waals surface area contributed by atoms with Gasteiger partial charge in [0.1, 0.15) is 12.4 Å². The monoisotopic (exact) mass is 225 g/mol. The second-order valence-electron chi connectivity index (χ2n) is 3.76. The van der Waals surface area contributed by atoms with Gasteiger partial charge in [-0.2, -0.15) is 0 Å². The number of amides is 1. The van der Waals surface area contributed by atoms with Crippen molar-refractivity contribution in [2.24, 2.45) is 0 Å². The first-order valence-corrected chi connectivity index (χ1v) is 5.20. The van der Waals surface area contributed by atoms with Gasteiger partial charge in [-0.1, -0.05) is 12.1 Å². The van der Waals surface area contributed by atoms with Crippen LogP contribution in [0.15, 0.2) is 24.3 Å². The van der Waals surface area contributed by atoms with E-state index >= 15 is 0 Å². The van der Waals surface area contributed by atoms with E-state index in [0.717, 1.165) is 5.56 Å². The summed E-state index contributed by atoms with van der Waals surface area (Å²) in [6.07, 6.45) is 0.0385. The maximum Gasteiger partial charge on any atom is 0.246 e. The molecule has 0 unspecified atom stereocenters. The van der Waals surface area contributed by atoms with Crippen LogP contribution in [0.1, 0.15) is 19.4 Å². The summed E-state index contributed by atoms with van der Waals surface area (Å²) in [7, 11) is 0. The number of carbonyl (C=O) groups is 1. The zero-order valence-corrected chi connectivity index (χ0v) is 9.50. The van der Waals surface area contributed by atoms with Crippen LogP contribution in [0, 0.1) is 5.82 Å². The summed E-state index contributed by atoms with van der Waals surface area (Å²) < 4.78 is 17.7. The fraction of sp³-hybridized carbons (Fsp3) is 0.417. The third-order valence-electron chi connectivity index (χ3n) is 1.95. The highest BCUT2D eigenvalue weighted by atomic mass is 19.1. The summed E-state index contributed by atoms with van der Waals surface area (Å²) in [4.78, 5) is 11.3. The van der Waals surface area contributed by atoms with E-state index in [4.69, 9.17) is 4.74 Å². The van der Waals surface area contributed by atoms with Crippen LogP contribution < -0.4 is 5.32 Å². The third kappa shape index (κ3) is 4.89. The average Bonchev–Trinajstić information content (AvgIpc) is 2.25. The molecule has 0 aromatic heterocycles. The Morgan fingerprint density at radius 3 is 2.56 bits per heavy atom. The van der Waals surface area contributed by atoms with Gasteiger partial charge in [0.25, 0.3) is 0 Å². The molecule has 16 heavy (non-hydrogen) atoms. The molecule has 4 heteroatoms. The van der Waals surface area contributed by atoms with Crippen molar-refractivity contribution in [2.45, 2.75) is 26.5 Å². The van der Waals surface area contributed by atoms with Crippen LogP contribution >= 0.6 is 0 Å². The first-order valence-electron chi connectivity index (χ1n) is 5.20. The van der Waals surface area contributed by atoms with E-state index in [1.807, 2.05) is 13.8 Å². The highest BCUT2D eigenvalue weighted by molar-refractivity contribution is 5.77. The minimum atomic E-state index is -0.279. The molecule has 0 bridgehead atoms. The molecule has 0 aliphatic heterocycles. The molecule has 3 nitrogen and oxygen atoms in total. The van der Waals surface area contributed by atoms with Gasteiger partial charge in [-0.25, -0.2) is 4.39 Å². The van der Waals surface area contributed by atoms with Crippen LogP contribution in [0.5, 0.6) is 0 Å². The van der Waals surface area contributed by atoms with Crippen molar-refractivity contribution in [3.05, 3.63) is 35.6 Å². The molecule has 88 valence electrons. The smallest absolute Gasteiger partial charge is 0.246 e. The summed E-state index contributed by atoms with van der Waals surface area (Å²) in [5.41, 5.74) is 0.860. The number of rotatable bonds is 5. The Labute approximate surface area is 94.6 Å². The Morgan fingerprint density at radius 1 is 1.38 bits per heavy atom. The number of nitrogens with one attached hydrogen (secondary N) is 1. The minimum Gasteiger partial charge on any atom is -0.369 e. The summed E-state index contributed by atoms with van der Waals surface area (Å²) in [6.45, 7) is 4.18. The van der Waals surface area contributed by atoms with E-state index in [1.165, 1.54) is 12.1 Å². The number of carbonyl (C=O) groups excluding carboxylic acids is 1. The second kappa shape index (κ2) is 6.23. The first kappa shape index (κ1) is 12.6. The van der Waals surface area contributed by atoms with Crippen molar-refractivity contribution in [2.75, 3.05) is 6.61 Å². The fourth-order valence-corrected chi connectivity index (χ4v) is 1.10. The van der Waals surface area contributed by atoms with Gasteiger partial charge in [0, 0.05) is 6.54 Å². The van der Waals surface area contributed by atoms with E-state index < -0.39 is 0 Å². The molecule has 0 aliphatic carbocycles. The maximum atomic E-state index is 12.6. The zero-order valence-electron chi connectivity index (χ0n) is 9.50. The van der Waals surface area contributed by atoms with E-state index in [1.54, 1.807) is 12.1 Å². The van der Waals surface area contributed by atoms with Crippen molar-refractivity contribution in [3.8, 4) is 0 Å². The summed E-state index contributed by atoms with van der Waals surface area (Å²) >= 11 is 0. The van der Waals surface area contributed by atoms with Gasteiger partial charge in [0.2, 0.25) is 5.91 Å². The summed E-state index contributed by atoms with van der Waals surface area (Å²) in [5, 5.41) is 2.69. The molecular formula is C12H16FNO2. The first-order chi connectivity index (χ1) is 7.58. The molecule has 0 atom stereocenters. The van der Waals surface area contributed by atoms with E-state index in [9.17, 15) is 9.18 Å². The van der Waals surface area contributed by atoms with Gasteiger partial charge in [0.15, 0.2) is 0 Å². The van der Waals surface area contributed by atoms with Crippen LogP contribution in [0.4, 0.5) is 4.39 Å². The van der Waals surface area contributed by atoms with E-state index in [2.05, 4.69) is 5.32 Å². The second-order valence-corrected chi connectivity index (χ2v) is 3.76. The topological polar surface area (TPSA) is 38.3 Å². The maximum absolute atomic E-state index is 12.6. The molecule has 0 aliphatic rings. The van der Waals surface area contributed by atoms with Crippen molar-refractivity contribution in [1.82, 2.24) is 5.32 Å². The Bertz CT molecular complexity index is 335. The van der Waals surface area contributed by atoms with Crippen molar-refractivity contribution < 1.29 is 13.9 Å². The van der Waals surface area contributed by atoms with Crippen LogP contribution in [0.25, 0.3) is 0 Å². The van der Waals surface area contributed by atoms with Gasteiger partial charge in [-0.05, 0) is 31.5 Å². The molecule has 0 fully saturated rings. The van der Waals surface area contributed by atoms with Gasteiger partial charge >= 0.3 is 0 Å². The number of halogens is 1. The van der Waals surface area contributed by atoms with Gasteiger partial charge in [-0.3, -0.25) is 4.79 Å². The quantitative estimate of drug-likeness (QED) is 0.830. The highest BCUT2D eigenvalue weighted by Crippen LogP contribution is 2.01. The summed E-state index contributed by atoms with van der Waals surface area (Å²) in [6, 6.07) is 6.01. The molecule has 0 heterocycles. The third-order valence-corrected chi connectivity index (χ3v) is 1.95. The molecule has 0 spiro atoms. The van der Waals surface area contributed by atoms with Crippen LogP contribution in [-0.4, -0.2) is 18.6 Å². The Hall–Kier alpha value is -1.42. The van der Waals surface area contributed by atoms with E-state index in [-0.39, 0.29) is 24.4 Å². The number of hydrogen-bond donors (Lipinski definition) is 1. The largest absolute Gasteiger partial charge is 0.369 e. The van der Waals surface area contributed by atoms with Crippen LogP contribution in [-0.2, 0) is 16.1 Å². The van der Waals surface area contributed by atoms with Crippen LogP contribution in [0.3, 0.4) is 0 Å².